The molecule has 9 nitrogen and oxygen atoms in total. The number of likely N-dealkylation sites (N-methyl/N-ethyl adjacent to an activating group) is 1. The van der Waals surface area contributed by atoms with Crippen LogP contribution in [0.25, 0.3) is 10.9 Å². The van der Waals surface area contributed by atoms with E-state index in [1.807, 2.05) is 26.3 Å². The molecule has 1 fully saturated rings. The predicted molar refractivity (Wildman–Crippen MR) is 127 cm³/mol. The minimum Gasteiger partial charge on any atom is -0.494 e. The number of fused-ring (bicyclic) bond motifs is 1. The quantitative estimate of drug-likeness (QED) is 0.212. The van der Waals surface area contributed by atoms with E-state index in [1.54, 1.807) is 23.5 Å². The number of ether oxygens (including phenoxy) is 2. The van der Waals surface area contributed by atoms with E-state index in [9.17, 15) is 9.59 Å². The van der Waals surface area contributed by atoms with E-state index in [1.165, 1.54) is 18.9 Å². The zero-order valence-corrected chi connectivity index (χ0v) is 19.7. The molecule has 0 atom stereocenters. The third kappa shape index (κ3) is 5.20. The lowest BCUT2D eigenvalue weighted by Gasteiger charge is -2.31. The van der Waals surface area contributed by atoms with Gasteiger partial charge in [-0.15, -0.1) is 11.8 Å². The second-order valence-corrected chi connectivity index (χ2v) is 8.03. The van der Waals surface area contributed by atoms with Crippen molar-refractivity contribution in [2.24, 2.45) is 4.99 Å². The van der Waals surface area contributed by atoms with Gasteiger partial charge in [0.05, 0.1) is 36.4 Å². The molecule has 0 aromatic carbocycles. The summed E-state index contributed by atoms with van der Waals surface area (Å²) in [6, 6.07) is 0. The van der Waals surface area contributed by atoms with Gasteiger partial charge in [-0.05, 0) is 26.3 Å². The van der Waals surface area contributed by atoms with Crippen molar-refractivity contribution < 1.29 is 19.1 Å². The molecule has 0 saturated carbocycles. The van der Waals surface area contributed by atoms with Crippen LogP contribution in [0, 0.1) is 0 Å². The van der Waals surface area contributed by atoms with Crippen LogP contribution in [0.1, 0.15) is 23.0 Å². The number of hydrogen-bond acceptors (Lipinski definition) is 8. The molecule has 1 saturated heterocycles. The van der Waals surface area contributed by atoms with Crippen LogP contribution in [-0.2, 0) is 9.53 Å². The summed E-state index contributed by atoms with van der Waals surface area (Å²) in [5.74, 6) is -0.639. The smallest absolute Gasteiger partial charge is 0.295 e. The van der Waals surface area contributed by atoms with Crippen molar-refractivity contribution in [2.75, 3.05) is 59.8 Å². The van der Waals surface area contributed by atoms with Crippen LogP contribution in [0.15, 0.2) is 29.7 Å². The number of Topliss-reactive ketones (excluding diaryl/α,β-unsaturated/α-hetero) is 1. The van der Waals surface area contributed by atoms with Crippen LogP contribution >= 0.6 is 11.8 Å². The van der Waals surface area contributed by atoms with E-state index in [4.69, 9.17) is 9.47 Å². The molecular weight excluding hydrogens is 430 g/mol. The Morgan fingerprint density at radius 2 is 2.06 bits per heavy atom. The first-order valence-electron chi connectivity index (χ1n) is 10.4. The zero-order chi connectivity index (χ0) is 23.1. The molecule has 0 aliphatic carbocycles. The van der Waals surface area contributed by atoms with E-state index >= 15 is 0 Å². The van der Waals surface area contributed by atoms with Crippen LogP contribution in [0.3, 0.4) is 0 Å². The average molecular weight is 460 g/mol. The molecule has 1 amide bonds. The number of carbonyl (C=O) groups is 2. The largest absolute Gasteiger partial charge is 0.494 e. The Hall–Kier alpha value is -2.69. The number of nitrogens with zero attached hydrogens (tertiary/aromatic N) is 4. The van der Waals surface area contributed by atoms with Crippen molar-refractivity contribution in [1.82, 2.24) is 19.8 Å². The highest BCUT2D eigenvalue weighted by Crippen LogP contribution is 2.32. The molecule has 3 heterocycles. The summed E-state index contributed by atoms with van der Waals surface area (Å²) in [5, 5.41) is 1.20. The number of rotatable bonds is 8. The van der Waals surface area contributed by atoms with E-state index in [2.05, 4.69) is 19.9 Å². The monoisotopic (exact) mass is 459 g/mol. The Morgan fingerprint density at radius 1 is 1.31 bits per heavy atom. The number of aromatic nitrogens is 2. The standard InChI is InChI=1S/C22H29N5O4S/c1-5-31-12-6-7-23-21(32-4)19-18-17(16(30-3)14-25-19)15(13-24-18)20(28)22(29)27-10-8-26(2)9-11-27/h6-7,13-14,24H,5,8-12H2,1-4H3/b7-6+,23-21-. The molecule has 0 unspecified atom stereocenters. The Kier molecular flexibility index (Phi) is 8.43. The molecular formula is C22H29N5O4S. The summed E-state index contributed by atoms with van der Waals surface area (Å²) in [7, 11) is 3.51. The number of hydrogen-bond donors (Lipinski definition) is 1. The summed E-state index contributed by atoms with van der Waals surface area (Å²) in [4.78, 5) is 41.9. The molecule has 2 aromatic rings. The van der Waals surface area contributed by atoms with Crippen molar-refractivity contribution in [3.63, 3.8) is 0 Å². The molecule has 3 rings (SSSR count). The molecule has 1 N–H and O–H groups in total. The number of nitrogens with one attached hydrogen (secondary N) is 1. The fourth-order valence-electron chi connectivity index (χ4n) is 3.44. The van der Waals surface area contributed by atoms with Gasteiger partial charge in [0.1, 0.15) is 16.5 Å². The first-order chi connectivity index (χ1) is 15.5. The second-order valence-electron chi connectivity index (χ2n) is 7.23. The zero-order valence-electron chi connectivity index (χ0n) is 18.9. The SMILES string of the molecule is CCOC/C=C/N=C(\SC)c1ncc(OC)c2c(C(=O)C(=O)N3CCN(C)CC3)c[nH]c12. The van der Waals surface area contributed by atoms with Gasteiger partial charge < -0.3 is 24.3 Å². The number of aromatic amines is 1. The number of pyridine rings is 1. The number of ketones is 1. The number of carbonyl (C=O) groups excluding carboxylic acids is 2. The van der Waals surface area contributed by atoms with Gasteiger partial charge in [0.15, 0.2) is 0 Å². The average Bonchev–Trinajstić information content (AvgIpc) is 3.26. The van der Waals surface area contributed by atoms with Gasteiger partial charge in [-0.2, -0.15) is 0 Å². The van der Waals surface area contributed by atoms with Crippen LogP contribution < -0.4 is 4.74 Å². The van der Waals surface area contributed by atoms with Gasteiger partial charge in [0.25, 0.3) is 11.7 Å². The first-order valence-corrected chi connectivity index (χ1v) is 11.6. The van der Waals surface area contributed by atoms with Gasteiger partial charge in [0.2, 0.25) is 0 Å². The van der Waals surface area contributed by atoms with Crippen molar-refractivity contribution in [2.45, 2.75) is 6.92 Å². The number of thioether (sulfide) groups is 1. The minimum absolute atomic E-state index is 0.275. The fraction of sp³-hybridized carbons (Fsp3) is 0.455. The summed E-state index contributed by atoms with van der Waals surface area (Å²) in [5.41, 5.74) is 1.46. The van der Waals surface area contributed by atoms with E-state index in [-0.39, 0.29) is 5.56 Å². The lowest BCUT2D eigenvalue weighted by molar-refractivity contribution is -0.127. The van der Waals surface area contributed by atoms with Crippen molar-refractivity contribution in [3.05, 3.63) is 35.9 Å². The maximum atomic E-state index is 13.1. The van der Waals surface area contributed by atoms with Crippen molar-refractivity contribution >= 4 is 39.4 Å². The van der Waals surface area contributed by atoms with Gasteiger partial charge in [-0.1, -0.05) is 0 Å². The van der Waals surface area contributed by atoms with E-state index in [0.29, 0.717) is 53.7 Å². The van der Waals surface area contributed by atoms with Gasteiger partial charge >= 0.3 is 0 Å². The molecule has 2 aromatic heterocycles. The van der Waals surface area contributed by atoms with Crippen LogP contribution in [0.5, 0.6) is 5.75 Å². The van der Waals surface area contributed by atoms with Crippen molar-refractivity contribution in [1.29, 1.82) is 0 Å². The number of aliphatic imine (C=N–C) groups is 1. The molecule has 0 bridgehead atoms. The highest BCUT2D eigenvalue weighted by Gasteiger charge is 2.29. The number of H-pyrrole nitrogens is 1. The van der Waals surface area contributed by atoms with Gasteiger partial charge in [-0.3, -0.25) is 9.59 Å². The van der Waals surface area contributed by atoms with E-state index in [0.717, 1.165) is 13.1 Å². The highest BCUT2D eigenvalue weighted by atomic mass is 32.2. The Labute approximate surface area is 191 Å². The minimum atomic E-state index is -0.560. The molecule has 0 radical (unpaired) electrons. The van der Waals surface area contributed by atoms with Crippen LogP contribution in [-0.4, -0.2) is 96.3 Å². The number of piperazine rings is 1. The van der Waals surface area contributed by atoms with Crippen LogP contribution in [0.2, 0.25) is 0 Å². The van der Waals surface area contributed by atoms with Gasteiger partial charge in [0, 0.05) is 45.2 Å². The third-order valence-corrected chi connectivity index (χ3v) is 5.92. The lowest BCUT2D eigenvalue weighted by atomic mass is 10.1. The highest BCUT2D eigenvalue weighted by molar-refractivity contribution is 8.13. The third-order valence-electron chi connectivity index (χ3n) is 5.23. The van der Waals surface area contributed by atoms with Crippen molar-refractivity contribution in [3.8, 4) is 5.75 Å². The molecule has 32 heavy (non-hydrogen) atoms. The van der Waals surface area contributed by atoms with Gasteiger partial charge in [-0.25, -0.2) is 9.98 Å². The maximum absolute atomic E-state index is 13.1. The summed E-state index contributed by atoms with van der Waals surface area (Å²) in [6.45, 7) is 5.60. The predicted octanol–water partition coefficient (Wildman–Crippen LogP) is 2.19. The number of amides is 1. The Balaban J connectivity index is 1.96. The Morgan fingerprint density at radius 3 is 2.72 bits per heavy atom. The number of methoxy groups -OCH3 is 1. The fourth-order valence-corrected chi connectivity index (χ4v) is 3.96. The van der Waals surface area contributed by atoms with E-state index < -0.39 is 11.7 Å². The molecule has 172 valence electrons. The summed E-state index contributed by atoms with van der Waals surface area (Å²) < 4.78 is 10.8. The summed E-state index contributed by atoms with van der Waals surface area (Å²) in [6.07, 6.45) is 8.50. The second kappa shape index (κ2) is 11.3. The summed E-state index contributed by atoms with van der Waals surface area (Å²) >= 11 is 1.43. The lowest BCUT2D eigenvalue weighted by Crippen LogP contribution is -2.49. The first kappa shape index (κ1) is 24.0. The molecule has 0 spiro atoms. The normalized spacial score (nSPS) is 15.6. The van der Waals surface area contributed by atoms with Crippen LogP contribution in [0.4, 0.5) is 0 Å². The molecule has 1 aliphatic rings. The Bertz CT molecular complexity index is 1020. The molecule has 10 heteroatoms. The maximum Gasteiger partial charge on any atom is 0.295 e. The topological polar surface area (TPSA) is 100 Å². The molecule has 1 aliphatic heterocycles.